The molecule has 0 spiro atoms. The van der Waals surface area contributed by atoms with Gasteiger partial charge in [0.25, 0.3) is 0 Å². The van der Waals surface area contributed by atoms with Gasteiger partial charge in [0.05, 0.1) is 43.5 Å². The molecule has 1 aromatic carbocycles. The number of esters is 1. The van der Waals surface area contributed by atoms with Gasteiger partial charge in [-0.25, -0.2) is 14.8 Å². The SMILES string of the molecule is CCOC(=O)c1csc(CSc2ncc(CO)n2CC(O)c2ccccc2)n1. The van der Waals surface area contributed by atoms with E-state index in [0.29, 0.717) is 28.9 Å². The standard InChI is InChI=1S/C19H21N3O4S2/c1-2-26-18(25)15-11-27-17(21-15)12-28-19-20-8-14(10-23)22(19)9-16(24)13-6-4-3-5-7-13/h3-8,11,16,23-24H,2,9-10,12H2,1H3. The van der Waals surface area contributed by atoms with Gasteiger partial charge >= 0.3 is 5.97 Å². The van der Waals surface area contributed by atoms with Crippen LogP contribution in [0.2, 0.25) is 0 Å². The molecule has 2 heterocycles. The Morgan fingerprint density at radius 3 is 2.86 bits per heavy atom. The number of hydrogen-bond donors (Lipinski definition) is 2. The molecule has 0 bridgehead atoms. The fourth-order valence-electron chi connectivity index (χ4n) is 2.58. The summed E-state index contributed by atoms with van der Waals surface area (Å²) in [5, 5.41) is 23.3. The molecular weight excluding hydrogens is 398 g/mol. The third kappa shape index (κ3) is 4.99. The molecule has 1 atom stereocenters. The lowest BCUT2D eigenvalue weighted by Gasteiger charge is -2.15. The molecule has 0 radical (unpaired) electrons. The van der Waals surface area contributed by atoms with Crippen LogP contribution in [0.25, 0.3) is 0 Å². The number of aliphatic hydroxyl groups is 2. The van der Waals surface area contributed by atoms with E-state index in [4.69, 9.17) is 4.74 Å². The summed E-state index contributed by atoms with van der Waals surface area (Å²) >= 11 is 2.82. The molecular formula is C19H21N3O4S2. The van der Waals surface area contributed by atoms with E-state index in [9.17, 15) is 15.0 Å². The maximum absolute atomic E-state index is 11.7. The predicted molar refractivity (Wildman–Crippen MR) is 107 cm³/mol. The van der Waals surface area contributed by atoms with E-state index in [-0.39, 0.29) is 13.2 Å². The Kier molecular flexibility index (Phi) is 7.21. The molecule has 2 aromatic heterocycles. The average molecular weight is 420 g/mol. The van der Waals surface area contributed by atoms with E-state index in [1.54, 1.807) is 18.5 Å². The summed E-state index contributed by atoms with van der Waals surface area (Å²) in [6.07, 6.45) is 0.890. The van der Waals surface area contributed by atoms with Crippen molar-refractivity contribution < 1.29 is 19.7 Å². The second-order valence-electron chi connectivity index (χ2n) is 5.86. The zero-order valence-electron chi connectivity index (χ0n) is 15.3. The monoisotopic (exact) mass is 419 g/mol. The maximum atomic E-state index is 11.7. The molecule has 148 valence electrons. The minimum Gasteiger partial charge on any atom is -0.461 e. The van der Waals surface area contributed by atoms with Crippen LogP contribution in [0, 0.1) is 0 Å². The Balaban J connectivity index is 1.69. The number of benzene rings is 1. The third-order valence-electron chi connectivity index (χ3n) is 3.96. The van der Waals surface area contributed by atoms with Crippen molar-refractivity contribution in [3.63, 3.8) is 0 Å². The molecule has 0 fully saturated rings. The molecule has 0 amide bonds. The van der Waals surface area contributed by atoms with Crippen molar-refractivity contribution in [3.8, 4) is 0 Å². The van der Waals surface area contributed by atoms with E-state index >= 15 is 0 Å². The number of ether oxygens (including phenoxy) is 1. The number of carbonyl (C=O) groups is 1. The lowest BCUT2D eigenvalue weighted by molar-refractivity contribution is 0.0520. The van der Waals surface area contributed by atoms with Crippen LogP contribution in [0.15, 0.2) is 47.1 Å². The minimum atomic E-state index is -0.713. The van der Waals surface area contributed by atoms with E-state index < -0.39 is 12.1 Å². The smallest absolute Gasteiger partial charge is 0.357 e. The molecule has 2 N–H and O–H groups in total. The molecule has 0 saturated heterocycles. The molecule has 9 heteroatoms. The quantitative estimate of drug-likeness (QED) is 0.406. The Morgan fingerprint density at radius 1 is 1.36 bits per heavy atom. The van der Waals surface area contributed by atoms with Crippen molar-refractivity contribution >= 4 is 29.1 Å². The molecule has 0 aliphatic carbocycles. The largest absolute Gasteiger partial charge is 0.461 e. The van der Waals surface area contributed by atoms with Gasteiger partial charge in [-0.1, -0.05) is 42.1 Å². The van der Waals surface area contributed by atoms with Crippen molar-refractivity contribution in [2.75, 3.05) is 6.61 Å². The van der Waals surface area contributed by atoms with Gasteiger partial charge in [0.1, 0.15) is 5.01 Å². The van der Waals surface area contributed by atoms with Gasteiger partial charge in [0.15, 0.2) is 10.9 Å². The summed E-state index contributed by atoms with van der Waals surface area (Å²) in [4.78, 5) is 20.4. The van der Waals surface area contributed by atoms with Crippen molar-refractivity contribution in [1.82, 2.24) is 14.5 Å². The average Bonchev–Trinajstić information content (AvgIpc) is 3.34. The predicted octanol–water partition coefficient (Wildman–Crippen LogP) is 3.03. The first-order valence-corrected chi connectivity index (χ1v) is 10.6. The Bertz CT molecular complexity index is 911. The number of aliphatic hydroxyl groups excluding tert-OH is 2. The molecule has 28 heavy (non-hydrogen) atoms. The van der Waals surface area contributed by atoms with E-state index in [1.807, 2.05) is 34.9 Å². The summed E-state index contributed by atoms with van der Waals surface area (Å²) in [5.74, 6) is 0.0953. The molecule has 3 aromatic rings. The summed E-state index contributed by atoms with van der Waals surface area (Å²) in [5.41, 5.74) is 1.74. The molecule has 0 aliphatic heterocycles. The van der Waals surface area contributed by atoms with Crippen molar-refractivity contribution in [2.45, 2.75) is 37.1 Å². The highest BCUT2D eigenvalue weighted by Gasteiger charge is 2.17. The van der Waals surface area contributed by atoms with Crippen molar-refractivity contribution in [2.24, 2.45) is 0 Å². The van der Waals surface area contributed by atoms with E-state index in [2.05, 4.69) is 9.97 Å². The number of aromatic nitrogens is 3. The number of carbonyl (C=O) groups excluding carboxylic acids is 1. The van der Waals surface area contributed by atoms with Crippen LogP contribution in [0.1, 0.15) is 39.8 Å². The Labute approximate surface area is 171 Å². The minimum absolute atomic E-state index is 0.167. The zero-order valence-corrected chi connectivity index (χ0v) is 16.9. The first-order chi connectivity index (χ1) is 13.6. The molecule has 0 aliphatic rings. The number of nitrogens with zero attached hydrogens (tertiary/aromatic N) is 3. The highest BCUT2D eigenvalue weighted by Crippen LogP contribution is 2.27. The Morgan fingerprint density at radius 2 is 2.14 bits per heavy atom. The number of thiazole rings is 1. The van der Waals surface area contributed by atoms with Gasteiger partial charge in [-0.2, -0.15) is 0 Å². The van der Waals surface area contributed by atoms with Crippen LogP contribution in [0.3, 0.4) is 0 Å². The molecule has 1 unspecified atom stereocenters. The van der Waals surface area contributed by atoms with E-state index in [0.717, 1.165) is 10.6 Å². The normalized spacial score (nSPS) is 12.1. The van der Waals surface area contributed by atoms with Gasteiger partial charge in [0, 0.05) is 5.38 Å². The summed E-state index contributed by atoms with van der Waals surface area (Å²) in [6.45, 7) is 2.18. The fourth-order valence-corrected chi connectivity index (χ4v) is 4.37. The van der Waals surface area contributed by atoms with Crippen LogP contribution in [-0.2, 0) is 23.6 Å². The van der Waals surface area contributed by atoms with Crippen molar-refractivity contribution in [3.05, 3.63) is 63.9 Å². The highest BCUT2D eigenvalue weighted by atomic mass is 32.2. The van der Waals surface area contributed by atoms with E-state index in [1.165, 1.54) is 23.1 Å². The second-order valence-corrected chi connectivity index (χ2v) is 7.75. The van der Waals surface area contributed by atoms with Crippen LogP contribution < -0.4 is 0 Å². The zero-order chi connectivity index (χ0) is 19.9. The van der Waals surface area contributed by atoms with Crippen LogP contribution in [0.5, 0.6) is 0 Å². The molecule has 3 rings (SSSR count). The summed E-state index contributed by atoms with van der Waals surface area (Å²) < 4.78 is 6.76. The highest BCUT2D eigenvalue weighted by molar-refractivity contribution is 7.98. The molecule has 7 nitrogen and oxygen atoms in total. The lowest BCUT2D eigenvalue weighted by atomic mass is 10.1. The number of rotatable bonds is 9. The number of imidazole rings is 1. The fraction of sp³-hybridized carbons (Fsp3) is 0.316. The maximum Gasteiger partial charge on any atom is 0.357 e. The van der Waals surface area contributed by atoms with Gasteiger partial charge in [-0.15, -0.1) is 11.3 Å². The van der Waals surface area contributed by atoms with Gasteiger partial charge in [0.2, 0.25) is 0 Å². The van der Waals surface area contributed by atoms with Gasteiger partial charge in [-0.3, -0.25) is 0 Å². The summed E-state index contributed by atoms with van der Waals surface area (Å²) in [6, 6.07) is 9.36. The van der Waals surface area contributed by atoms with Gasteiger partial charge in [-0.05, 0) is 12.5 Å². The summed E-state index contributed by atoms with van der Waals surface area (Å²) in [7, 11) is 0. The molecule has 0 saturated carbocycles. The number of hydrogen-bond acceptors (Lipinski definition) is 8. The van der Waals surface area contributed by atoms with Gasteiger partial charge < -0.3 is 19.5 Å². The first-order valence-electron chi connectivity index (χ1n) is 8.75. The van der Waals surface area contributed by atoms with Crippen LogP contribution >= 0.6 is 23.1 Å². The topological polar surface area (TPSA) is 97.5 Å². The van der Waals surface area contributed by atoms with Crippen LogP contribution in [-0.4, -0.2) is 37.3 Å². The Hall–Kier alpha value is -2.20. The third-order valence-corrected chi connectivity index (χ3v) is 6.00. The first kappa shape index (κ1) is 20.5. The van der Waals surface area contributed by atoms with Crippen molar-refractivity contribution in [1.29, 1.82) is 0 Å². The van der Waals surface area contributed by atoms with Crippen LogP contribution in [0.4, 0.5) is 0 Å². The lowest BCUT2D eigenvalue weighted by Crippen LogP contribution is -2.12. The number of thioether (sulfide) groups is 1. The second kappa shape index (κ2) is 9.83.